The molecule has 1 heterocycles. The summed E-state index contributed by atoms with van der Waals surface area (Å²) in [6.07, 6.45) is -2.22. The molecule has 0 aromatic carbocycles. The summed E-state index contributed by atoms with van der Waals surface area (Å²) in [4.78, 5) is 0. The third-order valence-electron chi connectivity index (χ3n) is 3.23. The predicted molar refractivity (Wildman–Crippen MR) is 67.2 cm³/mol. The van der Waals surface area contributed by atoms with Crippen LogP contribution in [0.5, 0.6) is 0 Å². The van der Waals surface area contributed by atoms with Gasteiger partial charge in [0.2, 0.25) is 0 Å². The number of aliphatic hydroxyl groups excluding tert-OH is 4. The molecule has 1 fully saturated rings. The molecule has 7 heteroatoms. The molecule has 3 unspecified atom stereocenters. The first kappa shape index (κ1) is 16.8. The number of hydrogen-bond acceptors (Lipinski definition) is 7. The zero-order valence-corrected chi connectivity index (χ0v) is 11.0. The van der Waals surface area contributed by atoms with E-state index in [-0.39, 0.29) is 0 Å². The van der Waals surface area contributed by atoms with Gasteiger partial charge in [-0.3, -0.25) is 0 Å². The smallest absolute Gasteiger partial charge is 0.186 e. The summed E-state index contributed by atoms with van der Waals surface area (Å²) in [5.41, 5.74) is 5.38. The Morgan fingerprint density at radius 3 is 2.26 bits per heavy atom. The topological polar surface area (TPSA) is 125 Å². The summed E-state index contributed by atoms with van der Waals surface area (Å²) < 4.78 is 10.5. The second-order valence-corrected chi connectivity index (χ2v) is 4.77. The maximum atomic E-state index is 9.70. The lowest BCUT2D eigenvalue weighted by Gasteiger charge is -2.39. The Morgan fingerprint density at radius 2 is 1.63 bits per heavy atom. The quantitative estimate of drug-likeness (QED) is 0.336. The van der Waals surface area contributed by atoms with Crippen molar-refractivity contribution >= 4 is 0 Å². The van der Waals surface area contributed by atoms with Crippen LogP contribution in [-0.4, -0.2) is 70.9 Å². The molecule has 1 rings (SSSR count). The molecule has 0 amide bonds. The van der Waals surface area contributed by atoms with Gasteiger partial charge in [-0.05, 0) is 19.4 Å². The fourth-order valence-corrected chi connectivity index (χ4v) is 2.00. The van der Waals surface area contributed by atoms with E-state index in [4.69, 9.17) is 20.3 Å². The van der Waals surface area contributed by atoms with Gasteiger partial charge in [-0.2, -0.15) is 0 Å². The normalized spacial score (nSPS) is 35.5. The van der Waals surface area contributed by atoms with E-state index in [2.05, 4.69) is 0 Å². The van der Waals surface area contributed by atoms with Crippen molar-refractivity contribution in [1.29, 1.82) is 0 Å². The van der Waals surface area contributed by atoms with E-state index in [1.54, 1.807) is 0 Å². The zero-order valence-electron chi connectivity index (χ0n) is 11.0. The molecule has 0 bridgehead atoms. The highest BCUT2D eigenvalue weighted by molar-refractivity contribution is 4.88. The van der Waals surface area contributed by atoms with Gasteiger partial charge in [0.15, 0.2) is 6.29 Å². The van der Waals surface area contributed by atoms with Crippen molar-refractivity contribution in [3.63, 3.8) is 0 Å². The average Bonchev–Trinajstić information content (AvgIpc) is 2.42. The molecule has 7 nitrogen and oxygen atoms in total. The fourth-order valence-electron chi connectivity index (χ4n) is 2.00. The van der Waals surface area contributed by atoms with Crippen LogP contribution in [0.2, 0.25) is 0 Å². The molecule has 1 aliphatic heterocycles. The molecule has 0 spiro atoms. The highest BCUT2D eigenvalue weighted by Crippen LogP contribution is 2.22. The molecule has 0 aromatic rings. The Kier molecular flexibility index (Phi) is 7.77. The Balaban J connectivity index is 2.28. The van der Waals surface area contributed by atoms with Crippen molar-refractivity contribution in [2.75, 3.05) is 19.8 Å². The first-order valence-electron chi connectivity index (χ1n) is 6.74. The molecular formula is C12H25NO6. The SMILES string of the molecule is NCCCCCCO[C@@H]1OC(CO)[C@H](O)C(O)C1O. The third-order valence-corrected chi connectivity index (χ3v) is 3.23. The number of nitrogens with two attached hydrogens (primary N) is 1. The van der Waals surface area contributed by atoms with Gasteiger partial charge < -0.3 is 35.6 Å². The van der Waals surface area contributed by atoms with E-state index in [1.807, 2.05) is 0 Å². The van der Waals surface area contributed by atoms with Crippen LogP contribution >= 0.6 is 0 Å². The van der Waals surface area contributed by atoms with Gasteiger partial charge in [-0.1, -0.05) is 12.8 Å². The van der Waals surface area contributed by atoms with Crippen LogP contribution in [0.15, 0.2) is 0 Å². The summed E-state index contributed by atoms with van der Waals surface area (Å²) in [5.74, 6) is 0. The lowest BCUT2D eigenvalue weighted by atomic mass is 9.99. The summed E-state index contributed by atoms with van der Waals surface area (Å²) in [6.45, 7) is 0.613. The van der Waals surface area contributed by atoms with E-state index in [0.29, 0.717) is 13.2 Å². The molecule has 1 saturated heterocycles. The number of aliphatic hydroxyl groups is 4. The average molecular weight is 279 g/mol. The van der Waals surface area contributed by atoms with Gasteiger partial charge in [0, 0.05) is 6.61 Å². The van der Waals surface area contributed by atoms with Crippen LogP contribution < -0.4 is 5.73 Å². The number of unbranched alkanes of at least 4 members (excludes halogenated alkanes) is 3. The second-order valence-electron chi connectivity index (χ2n) is 4.77. The van der Waals surface area contributed by atoms with Gasteiger partial charge in [-0.25, -0.2) is 0 Å². The van der Waals surface area contributed by atoms with Crippen molar-refractivity contribution in [1.82, 2.24) is 0 Å². The van der Waals surface area contributed by atoms with Crippen LogP contribution in [0.25, 0.3) is 0 Å². The first-order valence-corrected chi connectivity index (χ1v) is 6.74. The van der Waals surface area contributed by atoms with Crippen molar-refractivity contribution in [2.24, 2.45) is 5.73 Å². The largest absolute Gasteiger partial charge is 0.394 e. The monoisotopic (exact) mass is 279 g/mol. The third kappa shape index (κ3) is 4.96. The minimum Gasteiger partial charge on any atom is -0.394 e. The number of ether oxygens (including phenoxy) is 2. The van der Waals surface area contributed by atoms with Crippen molar-refractivity contribution < 1.29 is 29.9 Å². The van der Waals surface area contributed by atoms with Crippen molar-refractivity contribution in [3.05, 3.63) is 0 Å². The second kappa shape index (κ2) is 8.80. The van der Waals surface area contributed by atoms with Gasteiger partial charge >= 0.3 is 0 Å². The molecule has 1 aliphatic rings. The van der Waals surface area contributed by atoms with E-state index >= 15 is 0 Å². The predicted octanol–water partition coefficient (Wildman–Crippen LogP) is -1.68. The molecule has 0 aliphatic carbocycles. The molecule has 114 valence electrons. The van der Waals surface area contributed by atoms with Gasteiger partial charge in [0.25, 0.3) is 0 Å². The highest BCUT2D eigenvalue weighted by atomic mass is 16.7. The molecule has 0 radical (unpaired) electrons. The van der Waals surface area contributed by atoms with Crippen molar-refractivity contribution in [3.8, 4) is 0 Å². The van der Waals surface area contributed by atoms with Gasteiger partial charge in [0.05, 0.1) is 6.61 Å². The van der Waals surface area contributed by atoms with Crippen LogP contribution in [0, 0.1) is 0 Å². The summed E-state index contributed by atoms with van der Waals surface area (Å²) in [6, 6.07) is 0. The van der Waals surface area contributed by atoms with Crippen LogP contribution in [0.1, 0.15) is 25.7 Å². The maximum Gasteiger partial charge on any atom is 0.186 e. The Bertz CT molecular complexity index is 240. The molecule has 0 saturated carbocycles. The van der Waals surface area contributed by atoms with Crippen molar-refractivity contribution in [2.45, 2.75) is 56.4 Å². The van der Waals surface area contributed by atoms with Crippen LogP contribution in [0.3, 0.4) is 0 Å². The lowest BCUT2D eigenvalue weighted by molar-refractivity contribution is -0.301. The first-order chi connectivity index (χ1) is 9.11. The molecule has 0 aromatic heterocycles. The number of hydrogen-bond donors (Lipinski definition) is 5. The minimum absolute atomic E-state index is 0.382. The van der Waals surface area contributed by atoms with E-state index in [9.17, 15) is 15.3 Å². The maximum absolute atomic E-state index is 9.70. The fraction of sp³-hybridized carbons (Fsp3) is 1.00. The molecule has 5 atom stereocenters. The molecule has 6 N–H and O–H groups in total. The number of rotatable bonds is 8. The molecular weight excluding hydrogens is 254 g/mol. The van der Waals surface area contributed by atoms with Crippen LogP contribution in [0.4, 0.5) is 0 Å². The van der Waals surface area contributed by atoms with Gasteiger partial charge in [0.1, 0.15) is 24.4 Å². The van der Waals surface area contributed by atoms with E-state index in [1.165, 1.54) is 0 Å². The van der Waals surface area contributed by atoms with E-state index < -0.39 is 37.3 Å². The Morgan fingerprint density at radius 1 is 0.947 bits per heavy atom. The minimum atomic E-state index is -1.38. The standard InChI is InChI=1S/C12H25NO6/c13-5-3-1-2-4-6-18-12-11(17)10(16)9(15)8(7-14)19-12/h8-12,14-17H,1-7,13H2/t8?,9-,10?,11?,12+/m0/s1. The lowest BCUT2D eigenvalue weighted by Crippen LogP contribution is -2.59. The summed E-state index contributed by atoms with van der Waals surface area (Å²) in [5, 5.41) is 37.8. The highest BCUT2D eigenvalue weighted by Gasteiger charge is 2.43. The summed E-state index contributed by atoms with van der Waals surface area (Å²) >= 11 is 0. The zero-order chi connectivity index (χ0) is 14.3. The molecule has 19 heavy (non-hydrogen) atoms. The Hall–Kier alpha value is -0.280. The summed E-state index contributed by atoms with van der Waals surface area (Å²) in [7, 11) is 0. The van der Waals surface area contributed by atoms with Gasteiger partial charge in [-0.15, -0.1) is 0 Å². The van der Waals surface area contributed by atoms with E-state index in [0.717, 1.165) is 25.7 Å². The van der Waals surface area contributed by atoms with Crippen LogP contribution in [-0.2, 0) is 9.47 Å². The Labute approximate surface area is 112 Å².